The fourth-order valence-electron chi connectivity index (χ4n) is 1.23. The van der Waals surface area contributed by atoms with Crippen molar-refractivity contribution in [2.24, 2.45) is 0 Å². The van der Waals surface area contributed by atoms with E-state index in [9.17, 15) is 0 Å². The van der Waals surface area contributed by atoms with Crippen LogP contribution in [0, 0.1) is 20.8 Å². The zero-order chi connectivity index (χ0) is 9.30. The van der Waals surface area contributed by atoms with E-state index in [1.807, 2.05) is 20.8 Å². The third-order valence-electron chi connectivity index (χ3n) is 2.24. The minimum atomic E-state index is 0.0675. The summed E-state index contributed by atoms with van der Waals surface area (Å²) in [4.78, 5) is 4.26. The summed E-state index contributed by atoms with van der Waals surface area (Å²) in [5.74, 6) is 0. The molecule has 0 aromatic carbocycles. The van der Waals surface area contributed by atoms with Crippen LogP contribution in [0.25, 0.3) is 0 Å². The highest BCUT2D eigenvalue weighted by atomic mass is 28.1. The van der Waals surface area contributed by atoms with Gasteiger partial charge in [0.15, 0.2) is 0 Å². The van der Waals surface area contributed by atoms with Crippen LogP contribution in [-0.2, 0) is 6.61 Å². The number of hydrogen-bond acceptors (Lipinski definition) is 2. The second-order valence-corrected chi connectivity index (χ2v) is 3.41. The van der Waals surface area contributed by atoms with E-state index in [-0.39, 0.29) is 6.61 Å². The Morgan fingerprint density at radius 3 is 2.33 bits per heavy atom. The smallest absolute Gasteiger partial charge is 0.0999 e. The van der Waals surface area contributed by atoms with E-state index in [0.717, 1.165) is 27.7 Å². The summed E-state index contributed by atoms with van der Waals surface area (Å²) >= 11 is 0. The van der Waals surface area contributed by atoms with Gasteiger partial charge in [0.2, 0.25) is 0 Å². The fourth-order valence-corrected chi connectivity index (χ4v) is 1.58. The molecule has 0 aliphatic heterocycles. The van der Waals surface area contributed by atoms with Crippen molar-refractivity contribution in [3.05, 3.63) is 22.4 Å². The molecule has 63 valence electrons. The number of rotatable bonds is 1. The lowest BCUT2D eigenvalue weighted by molar-refractivity contribution is 0.279. The average molecular weight is 178 g/mol. The number of aryl methyl sites for hydroxylation is 1. The molecule has 0 spiro atoms. The zero-order valence-corrected chi connectivity index (χ0v) is 8.60. The number of hydrogen-bond donors (Lipinski definition) is 1. The molecule has 0 unspecified atom stereocenters. The van der Waals surface area contributed by atoms with Gasteiger partial charge in [0.1, 0.15) is 0 Å². The van der Waals surface area contributed by atoms with Crippen molar-refractivity contribution >= 4 is 15.6 Å². The Morgan fingerprint density at radius 1 is 1.25 bits per heavy atom. The summed E-state index contributed by atoms with van der Waals surface area (Å²) in [5.41, 5.74) is 4.05. The van der Waals surface area contributed by atoms with Crippen molar-refractivity contribution in [3.63, 3.8) is 0 Å². The van der Waals surface area contributed by atoms with E-state index in [1.54, 1.807) is 0 Å². The maximum absolute atomic E-state index is 9.06. The molecule has 0 fully saturated rings. The Morgan fingerprint density at radius 2 is 1.83 bits per heavy atom. The number of pyridine rings is 1. The second-order valence-electron chi connectivity index (χ2n) is 2.93. The van der Waals surface area contributed by atoms with Crippen LogP contribution in [0.4, 0.5) is 0 Å². The summed E-state index contributed by atoms with van der Waals surface area (Å²) in [5, 5.41) is 9.92. The summed E-state index contributed by atoms with van der Waals surface area (Å²) in [6, 6.07) is 0. The summed E-state index contributed by atoms with van der Waals surface area (Å²) in [6.45, 7) is 5.96. The first-order valence-electron chi connectivity index (χ1n) is 3.87. The first-order valence-corrected chi connectivity index (χ1v) is 4.37. The summed E-state index contributed by atoms with van der Waals surface area (Å²) < 4.78 is 0. The molecule has 1 N–H and O–H groups in total. The Balaban J connectivity index is 3.40. The molecule has 3 heteroatoms. The summed E-state index contributed by atoms with van der Waals surface area (Å²) in [6.07, 6.45) is 0. The van der Waals surface area contributed by atoms with E-state index in [4.69, 9.17) is 5.11 Å². The van der Waals surface area contributed by atoms with Crippen LogP contribution in [0.5, 0.6) is 0 Å². The number of aliphatic hydroxyl groups excluding tert-OH is 1. The highest BCUT2D eigenvalue weighted by Gasteiger charge is 2.07. The van der Waals surface area contributed by atoms with Gasteiger partial charge in [-0.2, -0.15) is 0 Å². The van der Waals surface area contributed by atoms with Gasteiger partial charge >= 0.3 is 0 Å². The molecule has 0 amide bonds. The van der Waals surface area contributed by atoms with Gasteiger partial charge in [-0.25, -0.2) is 0 Å². The normalized spacial score (nSPS) is 10.4. The Hall–Kier alpha value is -0.673. The molecule has 0 saturated carbocycles. The van der Waals surface area contributed by atoms with E-state index < -0.39 is 0 Å². The molecular formula is C9H12NOSi. The van der Waals surface area contributed by atoms with Crippen molar-refractivity contribution in [1.29, 1.82) is 0 Å². The van der Waals surface area contributed by atoms with E-state index in [1.165, 1.54) is 0 Å². The van der Waals surface area contributed by atoms with Crippen LogP contribution in [0.1, 0.15) is 22.4 Å². The predicted molar refractivity (Wildman–Crippen MR) is 49.8 cm³/mol. The Bertz CT molecular complexity index is 310. The van der Waals surface area contributed by atoms with Crippen molar-refractivity contribution < 1.29 is 5.11 Å². The molecule has 0 bridgehead atoms. The number of aromatic nitrogens is 1. The van der Waals surface area contributed by atoms with Crippen molar-refractivity contribution in [2.45, 2.75) is 27.4 Å². The van der Waals surface area contributed by atoms with Gasteiger partial charge in [-0.3, -0.25) is 4.98 Å². The van der Waals surface area contributed by atoms with Gasteiger partial charge in [0.05, 0.1) is 16.8 Å². The lowest BCUT2D eigenvalue weighted by atomic mass is 10.0. The van der Waals surface area contributed by atoms with Gasteiger partial charge in [-0.1, -0.05) is 0 Å². The molecular weight excluding hydrogens is 166 g/mol. The summed E-state index contributed by atoms with van der Waals surface area (Å²) in [7, 11) is 3.42. The van der Waals surface area contributed by atoms with E-state index >= 15 is 0 Å². The molecule has 12 heavy (non-hydrogen) atoms. The minimum Gasteiger partial charge on any atom is -0.392 e. The topological polar surface area (TPSA) is 33.1 Å². The van der Waals surface area contributed by atoms with Crippen LogP contribution in [-0.4, -0.2) is 20.3 Å². The molecule has 1 aromatic heterocycles. The quantitative estimate of drug-likeness (QED) is 0.627. The van der Waals surface area contributed by atoms with Gasteiger partial charge in [-0.15, -0.1) is 0 Å². The van der Waals surface area contributed by atoms with E-state index in [2.05, 4.69) is 15.2 Å². The SMILES string of the molecule is Cc1nc([Si])c(C)c(C)c1CO. The van der Waals surface area contributed by atoms with Gasteiger partial charge in [0.25, 0.3) is 0 Å². The largest absolute Gasteiger partial charge is 0.392 e. The lowest BCUT2D eigenvalue weighted by Gasteiger charge is -2.11. The van der Waals surface area contributed by atoms with Crippen LogP contribution < -0.4 is 5.32 Å². The highest BCUT2D eigenvalue weighted by molar-refractivity contribution is 6.31. The Labute approximate surface area is 76.1 Å². The predicted octanol–water partition coefficient (Wildman–Crippen LogP) is 0.293. The third-order valence-corrected chi connectivity index (χ3v) is 2.73. The van der Waals surface area contributed by atoms with Gasteiger partial charge < -0.3 is 5.11 Å². The van der Waals surface area contributed by atoms with Gasteiger partial charge in [-0.05, 0) is 31.9 Å². The molecule has 1 rings (SSSR count). The van der Waals surface area contributed by atoms with Crippen molar-refractivity contribution in [1.82, 2.24) is 4.98 Å². The van der Waals surface area contributed by atoms with Crippen LogP contribution in [0.2, 0.25) is 0 Å². The molecule has 2 nitrogen and oxygen atoms in total. The standard InChI is InChI=1S/C9H12NOSi/c1-5-6(2)9(12)10-7(3)8(5)4-11/h11H,4H2,1-3H3. The fraction of sp³-hybridized carbons (Fsp3) is 0.444. The average Bonchev–Trinajstić information content (AvgIpc) is 2.01. The molecule has 0 aliphatic carbocycles. The molecule has 1 heterocycles. The monoisotopic (exact) mass is 178 g/mol. The number of nitrogens with zero attached hydrogens (tertiary/aromatic N) is 1. The first-order chi connectivity index (χ1) is 5.57. The highest BCUT2D eigenvalue weighted by Crippen LogP contribution is 2.12. The van der Waals surface area contributed by atoms with Gasteiger partial charge in [0, 0.05) is 16.6 Å². The Kier molecular flexibility index (Phi) is 2.64. The lowest BCUT2D eigenvalue weighted by Crippen LogP contribution is -2.17. The maximum atomic E-state index is 9.06. The van der Waals surface area contributed by atoms with Crippen LogP contribution >= 0.6 is 0 Å². The molecule has 3 radical (unpaired) electrons. The molecule has 0 saturated heterocycles. The molecule has 0 aliphatic rings. The van der Waals surface area contributed by atoms with E-state index in [0.29, 0.717) is 0 Å². The minimum absolute atomic E-state index is 0.0675. The maximum Gasteiger partial charge on any atom is 0.0999 e. The molecule has 1 aromatic rings. The second kappa shape index (κ2) is 3.37. The number of aliphatic hydroxyl groups is 1. The first kappa shape index (κ1) is 9.42. The molecule has 0 atom stereocenters. The zero-order valence-electron chi connectivity index (χ0n) is 7.60. The van der Waals surface area contributed by atoms with Crippen LogP contribution in [0.3, 0.4) is 0 Å². The van der Waals surface area contributed by atoms with Crippen molar-refractivity contribution in [2.75, 3.05) is 0 Å². The van der Waals surface area contributed by atoms with Crippen LogP contribution in [0.15, 0.2) is 0 Å². The van der Waals surface area contributed by atoms with Crippen molar-refractivity contribution in [3.8, 4) is 0 Å². The third kappa shape index (κ3) is 1.42.